The first-order valence-electron chi connectivity index (χ1n) is 7.47. The van der Waals surface area contributed by atoms with Crippen LogP contribution in [0.3, 0.4) is 0 Å². The normalized spacial score (nSPS) is 32.5. The maximum atomic E-state index is 12.9. The van der Waals surface area contributed by atoms with Crippen LogP contribution in [0.2, 0.25) is 0 Å². The third kappa shape index (κ3) is 1.81. The summed E-state index contributed by atoms with van der Waals surface area (Å²) in [5, 5.41) is 11.1. The molecule has 2 saturated carbocycles. The van der Waals surface area contributed by atoms with Gasteiger partial charge >= 0.3 is 0 Å². The predicted molar refractivity (Wildman–Crippen MR) is 79.4 cm³/mol. The molecule has 1 aromatic carbocycles. The Hall–Kier alpha value is -1.89. The first-order valence-corrected chi connectivity index (χ1v) is 8.91. The molecule has 0 radical (unpaired) electrons. The third-order valence-corrected chi connectivity index (χ3v) is 7.02. The van der Waals surface area contributed by atoms with Gasteiger partial charge in [-0.2, -0.15) is 0 Å². The zero-order valence-corrected chi connectivity index (χ0v) is 12.6. The predicted octanol–water partition coefficient (Wildman–Crippen LogP) is 2.53. The molecule has 0 unspecified atom stereocenters. The Bertz CT molecular complexity index is 774. The fourth-order valence-corrected chi connectivity index (χ4v) is 5.89. The highest BCUT2D eigenvalue weighted by atomic mass is 32.2. The van der Waals surface area contributed by atoms with Gasteiger partial charge in [0, 0.05) is 18.3 Å². The quantitative estimate of drug-likeness (QED) is 0.633. The monoisotopic (exact) mass is 320 g/mol. The lowest BCUT2D eigenvalue weighted by atomic mass is 9.95. The molecule has 2 fully saturated rings. The lowest BCUT2D eigenvalue weighted by Crippen LogP contribution is -2.40. The van der Waals surface area contributed by atoms with Crippen LogP contribution in [0.5, 0.6) is 0 Å². The van der Waals surface area contributed by atoms with Crippen molar-refractivity contribution in [1.29, 1.82) is 0 Å². The number of benzene rings is 1. The smallest absolute Gasteiger partial charge is 0.270 e. The molecule has 6 nitrogen and oxygen atoms in total. The van der Waals surface area contributed by atoms with Crippen molar-refractivity contribution in [2.75, 3.05) is 0 Å². The van der Waals surface area contributed by atoms with Gasteiger partial charge in [-0.1, -0.05) is 24.6 Å². The molecule has 0 saturated heterocycles. The van der Waals surface area contributed by atoms with Crippen molar-refractivity contribution >= 4 is 15.7 Å². The molecule has 0 bridgehead atoms. The molecule has 0 amide bonds. The summed E-state index contributed by atoms with van der Waals surface area (Å²) >= 11 is 0. The van der Waals surface area contributed by atoms with E-state index in [9.17, 15) is 18.5 Å². The summed E-state index contributed by atoms with van der Waals surface area (Å²) in [5.74, 6) is 1.50. The van der Waals surface area contributed by atoms with E-state index in [1.165, 1.54) is 28.6 Å². The van der Waals surface area contributed by atoms with Gasteiger partial charge in [0.05, 0.1) is 4.92 Å². The lowest BCUT2D eigenvalue weighted by Gasteiger charge is -2.33. The van der Waals surface area contributed by atoms with E-state index in [1.807, 2.05) is 6.08 Å². The highest BCUT2D eigenvalue weighted by molar-refractivity contribution is 7.89. The Morgan fingerprint density at radius 3 is 2.77 bits per heavy atom. The van der Waals surface area contributed by atoms with E-state index in [0.29, 0.717) is 17.8 Å². The van der Waals surface area contributed by atoms with Crippen molar-refractivity contribution < 1.29 is 13.3 Å². The second-order valence-corrected chi connectivity index (χ2v) is 8.03. The van der Waals surface area contributed by atoms with Crippen LogP contribution in [0.1, 0.15) is 19.3 Å². The Morgan fingerprint density at radius 1 is 1.23 bits per heavy atom. The molecule has 7 heteroatoms. The van der Waals surface area contributed by atoms with Gasteiger partial charge in [-0.05, 0) is 36.7 Å². The fraction of sp³-hybridized carbons (Fsp3) is 0.467. The number of nitro benzene ring substituents is 1. The van der Waals surface area contributed by atoms with Crippen LogP contribution in [0.15, 0.2) is 41.4 Å². The van der Waals surface area contributed by atoms with Crippen LogP contribution < -0.4 is 0 Å². The fourth-order valence-electron chi connectivity index (χ4n) is 4.17. The van der Waals surface area contributed by atoms with Crippen molar-refractivity contribution in [3.63, 3.8) is 0 Å². The molecule has 0 spiro atoms. The second-order valence-electron chi connectivity index (χ2n) is 6.22. The van der Waals surface area contributed by atoms with Crippen LogP contribution in [-0.4, -0.2) is 23.7 Å². The summed E-state index contributed by atoms with van der Waals surface area (Å²) in [4.78, 5) is 10.3. The molecule has 4 atom stereocenters. The summed E-state index contributed by atoms with van der Waals surface area (Å²) in [7, 11) is -3.89. The van der Waals surface area contributed by atoms with Crippen molar-refractivity contribution in [1.82, 2.24) is 4.31 Å². The Balaban J connectivity index is 1.77. The number of hydrogen-bond donors (Lipinski definition) is 0. The molecule has 3 aliphatic rings. The number of rotatable bonds is 3. The minimum absolute atomic E-state index is 0.0430. The van der Waals surface area contributed by atoms with Gasteiger partial charge in [0.1, 0.15) is 0 Å². The number of nitro groups is 1. The number of para-hydroxylation sites is 1. The number of fused-ring (bicyclic) bond motifs is 1. The summed E-state index contributed by atoms with van der Waals surface area (Å²) in [5.41, 5.74) is -0.360. The van der Waals surface area contributed by atoms with Crippen LogP contribution >= 0.6 is 0 Å². The van der Waals surface area contributed by atoms with Crippen molar-refractivity contribution in [2.45, 2.75) is 30.2 Å². The minimum Gasteiger partial charge on any atom is -0.270 e. The molecule has 22 heavy (non-hydrogen) atoms. The first-order chi connectivity index (χ1) is 10.5. The molecule has 1 aliphatic heterocycles. The molecule has 1 heterocycles. The maximum absolute atomic E-state index is 12.9. The van der Waals surface area contributed by atoms with E-state index in [-0.39, 0.29) is 16.6 Å². The van der Waals surface area contributed by atoms with E-state index >= 15 is 0 Å². The van der Waals surface area contributed by atoms with E-state index in [4.69, 9.17) is 0 Å². The van der Waals surface area contributed by atoms with Gasteiger partial charge in [0.25, 0.3) is 15.7 Å². The first kappa shape index (κ1) is 13.8. The van der Waals surface area contributed by atoms with Gasteiger partial charge < -0.3 is 0 Å². The number of allylic oxidation sites excluding steroid dienone is 1. The van der Waals surface area contributed by atoms with E-state index in [0.717, 1.165) is 19.3 Å². The van der Waals surface area contributed by atoms with Crippen molar-refractivity contribution in [2.24, 2.45) is 17.8 Å². The van der Waals surface area contributed by atoms with E-state index in [2.05, 4.69) is 0 Å². The van der Waals surface area contributed by atoms with Gasteiger partial charge in [0.2, 0.25) is 0 Å². The molecule has 0 aromatic heterocycles. The van der Waals surface area contributed by atoms with Crippen molar-refractivity contribution in [3.05, 3.63) is 46.7 Å². The summed E-state index contributed by atoms with van der Waals surface area (Å²) in [6.45, 7) is 0. The maximum Gasteiger partial charge on any atom is 0.289 e. The molecule has 2 aliphatic carbocycles. The number of hydrogen-bond acceptors (Lipinski definition) is 4. The standard InChI is InChI=1S/C15H16N2O4S/c18-17(19)12-5-1-2-7-14(12)22(20,21)16-9-8-11-10-4-3-6-13(16)15(10)11/h1-2,5,7-11,13,15H,3-4,6H2/t10-,11+,13-,15-/m0/s1. The largest absolute Gasteiger partial charge is 0.289 e. The Kier molecular flexibility index (Phi) is 2.84. The SMILES string of the molecule is O=[N+]([O-])c1ccccc1S(=O)(=O)N1C=C[C@@H]2[C@@H]3CCC[C@H]1[C@H]23. The highest BCUT2D eigenvalue weighted by Gasteiger charge is 2.59. The van der Waals surface area contributed by atoms with Crippen LogP contribution in [0.4, 0.5) is 5.69 Å². The molecule has 0 N–H and O–H groups in total. The van der Waals surface area contributed by atoms with E-state index < -0.39 is 14.9 Å². The van der Waals surface area contributed by atoms with Gasteiger partial charge in [0.15, 0.2) is 4.90 Å². The van der Waals surface area contributed by atoms with Crippen LogP contribution in [0.25, 0.3) is 0 Å². The summed E-state index contributed by atoms with van der Waals surface area (Å²) < 4.78 is 27.3. The minimum atomic E-state index is -3.89. The molecular formula is C15H16N2O4S. The third-order valence-electron chi connectivity index (χ3n) is 5.17. The summed E-state index contributed by atoms with van der Waals surface area (Å²) in [6.07, 6.45) is 6.61. The molecule has 116 valence electrons. The number of sulfonamides is 1. The molecule has 1 aromatic rings. The average molecular weight is 320 g/mol. The van der Waals surface area contributed by atoms with Crippen molar-refractivity contribution in [3.8, 4) is 0 Å². The summed E-state index contributed by atoms with van der Waals surface area (Å²) in [6, 6.07) is 5.53. The van der Waals surface area contributed by atoms with Gasteiger partial charge in [-0.15, -0.1) is 0 Å². The van der Waals surface area contributed by atoms with Crippen LogP contribution in [-0.2, 0) is 10.0 Å². The zero-order chi connectivity index (χ0) is 15.5. The van der Waals surface area contributed by atoms with Gasteiger partial charge in [-0.3, -0.25) is 14.4 Å². The second kappa shape index (κ2) is 4.55. The van der Waals surface area contributed by atoms with Gasteiger partial charge in [-0.25, -0.2) is 8.42 Å². The Labute approximate surface area is 128 Å². The number of nitrogens with zero attached hydrogens (tertiary/aromatic N) is 2. The lowest BCUT2D eigenvalue weighted by molar-refractivity contribution is -0.387. The average Bonchev–Trinajstić information content (AvgIpc) is 3.23. The highest BCUT2D eigenvalue weighted by Crippen LogP contribution is 2.60. The topological polar surface area (TPSA) is 80.5 Å². The van der Waals surface area contributed by atoms with E-state index in [1.54, 1.807) is 6.20 Å². The van der Waals surface area contributed by atoms with Crippen LogP contribution in [0, 0.1) is 27.9 Å². The molecule has 4 rings (SSSR count). The molecular weight excluding hydrogens is 304 g/mol. The zero-order valence-electron chi connectivity index (χ0n) is 11.8. The Morgan fingerprint density at radius 2 is 2.00 bits per heavy atom.